The number of hydrogen-bond donors (Lipinski definition) is 1. The number of ether oxygens (including phenoxy) is 1. The molecule has 7 heteroatoms. The lowest BCUT2D eigenvalue weighted by Gasteiger charge is -2.09. The lowest BCUT2D eigenvalue weighted by atomic mass is 10.2. The van der Waals surface area contributed by atoms with Gasteiger partial charge in [-0.15, -0.1) is 11.3 Å². The van der Waals surface area contributed by atoms with Gasteiger partial charge in [0.15, 0.2) is 0 Å². The van der Waals surface area contributed by atoms with Gasteiger partial charge in [-0.25, -0.2) is 13.4 Å². The Hall–Kier alpha value is -2.38. The van der Waals surface area contributed by atoms with Crippen LogP contribution in [0.1, 0.15) is 5.56 Å². The first-order valence-electron chi connectivity index (χ1n) is 7.69. The number of thiazole rings is 1. The van der Waals surface area contributed by atoms with E-state index in [0.717, 1.165) is 21.9 Å². The first-order valence-corrected chi connectivity index (χ1v) is 10.2. The third kappa shape index (κ3) is 4.80. The van der Waals surface area contributed by atoms with Gasteiger partial charge in [-0.2, -0.15) is 0 Å². The molecule has 0 aliphatic carbocycles. The van der Waals surface area contributed by atoms with Crippen LogP contribution in [0, 0.1) is 0 Å². The number of aryl methyl sites for hydroxylation is 1. The molecule has 0 atom stereocenters. The van der Waals surface area contributed by atoms with Gasteiger partial charge in [0.1, 0.15) is 10.8 Å². The van der Waals surface area contributed by atoms with Crippen LogP contribution >= 0.6 is 11.3 Å². The molecule has 0 bridgehead atoms. The van der Waals surface area contributed by atoms with Crippen molar-refractivity contribution in [1.29, 1.82) is 0 Å². The molecule has 0 saturated heterocycles. The van der Waals surface area contributed by atoms with E-state index >= 15 is 0 Å². The number of methoxy groups -OCH3 is 1. The summed E-state index contributed by atoms with van der Waals surface area (Å²) in [6.45, 7) is 0. The normalized spacial score (nSPS) is 11.2. The van der Waals surface area contributed by atoms with Crippen LogP contribution in [0.3, 0.4) is 0 Å². The van der Waals surface area contributed by atoms with E-state index in [-0.39, 0.29) is 5.75 Å². The molecule has 0 saturated carbocycles. The Kier molecular flexibility index (Phi) is 5.35. The molecular weight excluding hydrogens is 356 g/mol. The number of anilines is 1. The number of rotatable bonds is 7. The third-order valence-electron chi connectivity index (χ3n) is 3.63. The van der Waals surface area contributed by atoms with Crippen molar-refractivity contribution in [3.8, 4) is 16.3 Å². The summed E-state index contributed by atoms with van der Waals surface area (Å²) in [6.07, 6.45) is 2.17. The maximum absolute atomic E-state index is 12.3. The summed E-state index contributed by atoms with van der Waals surface area (Å²) in [6, 6.07) is 14.6. The van der Waals surface area contributed by atoms with Crippen LogP contribution in [-0.2, 0) is 16.4 Å². The van der Waals surface area contributed by atoms with Crippen molar-refractivity contribution in [2.75, 3.05) is 17.6 Å². The van der Waals surface area contributed by atoms with Gasteiger partial charge < -0.3 is 4.74 Å². The van der Waals surface area contributed by atoms with Crippen molar-refractivity contribution >= 4 is 27.0 Å². The molecule has 1 heterocycles. The second-order valence-corrected chi connectivity index (χ2v) is 8.17. The highest BCUT2D eigenvalue weighted by Gasteiger charge is 2.11. The molecule has 0 fully saturated rings. The minimum absolute atomic E-state index is 0.00833. The zero-order valence-corrected chi connectivity index (χ0v) is 15.3. The summed E-state index contributed by atoms with van der Waals surface area (Å²) in [5.41, 5.74) is 2.43. The summed E-state index contributed by atoms with van der Waals surface area (Å²) in [5.74, 6) is 0.731. The van der Waals surface area contributed by atoms with Crippen molar-refractivity contribution in [1.82, 2.24) is 4.98 Å². The second-order valence-electron chi connectivity index (χ2n) is 5.44. The first kappa shape index (κ1) is 17.4. The predicted molar refractivity (Wildman–Crippen MR) is 102 cm³/mol. The highest BCUT2D eigenvalue weighted by atomic mass is 32.2. The summed E-state index contributed by atoms with van der Waals surface area (Å²) in [4.78, 5) is 4.24. The molecule has 3 rings (SSSR count). The quantitative estimate of drug-likeness (QED) is 0.683. The highest BCUT2D eigenvalue weighted by Crippen LogP contribution is 2.23. The first-order chi connectivity index (χ1) is 12.1. The lowest BCUT2D eigenvalue weighted by molar-refractivity contribution is 0.414. The number of benzene rings is 2. The van der Waals surface area contributed by atoms with Crippen LogP contribution in [0.2, 0.25) is 0 Å². The van der Waals surface area contributed by atoms with Gasteiger partial charge in [0.05, 0.1) is 12.9 Å². The number of sulfonamides is 1. The Morgan fingerprint density at radius 1 is 1.16 bits per heavy atom. The molecule has 0 aliphatic rings. The van der Waals surface area contributed by atoms with E-state index in [4.69, 9.17) is 4.74 Å². The molecule has 130 valence electrons. The van der Waals surface area contributed by atoms with E-state index in [1.807, 2.05) is 41.8 Å². The Balaban J connectivity index is 1.62. The van der Waals surface area contributed by atoms with Gasteiger partial charge >= 0.3 is 0 Å². The Morgan fingerprint density at radius 3 is 2.64 bits per heavy atom. The fourth-order valence-corrected chi connectivity index (χ4v) is 4.10. The minimum Gasteiger partial charge on any atom is -0.497 e. The zero-order chi connectivity index (χ0) is 17.7. The summed E-state index contributed by atoms with van der Waals surface area (Å²) in [5, 5.41) is 2.82. The zero-order valence-electron chi connectivity index (χ0n) is 13.7. The molecule has 0 amide bonds. The van der Waals surface area contributed by atoms with E-state index in [1.165, 1.54) is 0 Å². The molecule has 0 unspecified atom stereocenters. The molecule has 5 nitrogen and oxygen atoms in total. The largest absolute Gasteiger partial charge is 0.497 e. The van der Waals surface area contributed by atoms with E-state index in [9.17, 15) is 8.42 Å². The Bertz CT molecular complexity index is 921. The third-order valence-corrected chi connectivity index (χ3v) is 5.74. The number of hydrogen-bond acceptors (Lipinski definition) is 5. The average molecular weight is 374 g/mol. The van der Waals surface area contributed by atoms with Gasteiger partial charge in [-0.05, 0) is 48.4 Å². The molecule has 0 spiro atoms. The van der Waals surface area contributed by atoms with E-state index < -0.39 is 10.0 Å². The van der Waals surface area contributed by atoms with Crippen LogP contribution in [0.25, 0.3) is 10.6 Å². The molecule has 3 aromatic rings. The van der Waals surface area contributed by atoms with Crippen molar-refractivity contribution in [3.63, 3.8) is 0 Å². The van der Waals surface area contributed by atoms with Gasteiger partial charge in [0.2, 0.25) is 10.0 Å². The van der Waals surface area contributed by atoms with Gasteiger partial charge in [0.25, 0.3) is 0 Å². The SMILES string of the molecule is COc1cccc(CCS(=O)(=O)Nc2ccc(-c3nccs3)cc2)c1. The molecule has 2 aromatic carbocycles. The van der Waals surface area contributed by atoms with Crippen LogP contribution in [0.15, 0.2) is 60.1 Å². The van der Waals surface area contributed by atoms with Crippen molar-refractivity contribution < 1.29 is 13.2 Å². The minimum atomic E-state index is -3.42. The molecular formula is C18H18N2O3S2. The fourth-order valence-electron chi connectivity index (χ4n) is 2.36. The Morgan fingerprint density at radius 2 is 1.96 bits per heavy atom. The van der Waals surface area contributed by atoms with Gasteiger partial charge in [0, 0.05) is 22.8 Å². The Labute approximate surface area is 151 Å². The molecule has 25 heavy (non-hydrogen) atoms. The smallest absolute Gasteiger partial charge is 0.233 e. The fraction of sp³-hybridized carbons (Fsp3) is 0.167. The van der Waals surface area contributed by atoms with E-state index in [0.29, 0.717) is 12.1 Å². The molecule has 1 aromatic heterocycles. The standard InChI is InChI=1S/C18H18N2O3S2/c1-23-17-4-2-3-14(13-17)9-12-25(21,22)20-16-7-5-15(6-8-16)18-19-10-11-24-18/h2-8,10-11,13,20H,9,12H2,1H3. The maximum atomic E-state index is 12.3. The number of nitrogens with zero attached hydrogens (tertiary/aromatic N) is 1. The summed E-state index contributed by atoms with van der Waals surface area (Å²) < 4.78 is 32.3. The molecule has 1 N–H and O–H groups in total. The molecule has 0 radical (unpaired) electrons. The van der Waals surface area contributed by atoms with Crippen LogP contribution in [0.4, 0.5) is 5.69 Å². The van der Waals surface area contributed by atoms with E-state index in [2.05, 4.69) is 9.71 Å². The van der Waals surface area contributed by atoms with Crippen molar-refractivity contribution in [2.45, 2.75) is 6.42 Å². The molecule has 0 aliphatic heterocycles. The topological polar surface area (TPSA) is 68.3 Å². The van der Waals surface area contributed by atoms with Crippen molar-refractivity contribution in [2.24, 2.45) is 0 Å². The van der Waals surface area contributed by atoms with Gasteiger partial charge in [-0.3, -0.25) is 4.72 Å². The van der Waals surface area contributed by atoms with Crippen LogP contribution in [0.5, 0.6) is 5.75 Å². The lowest BCUT2D eigenvalue weighted by Crippen LogP contribution is -2.18. The predicted octanol–water partition coefficient (Wildman–Crippen LogP) is 3.80. The maximum Gasteiger partial charge on any atom is 0.233 e. The van der Waals surface area contributed by atoms with Crippen LogP contribution in [-0.4, -0.2) is 26.3 Å². The number of aromatic nitrogens is 1. The monoisotopic (exact) mass is 374 g/mol. The summed E-state index contributed by atoms with van der Waals surface area (Å²) in [7, 11) is -1.83. The average Bonchev–Trinajstić information content (AvgIpc) is 3.15. The van der Waals surface area contributed by atoms with E-state index in [1.54, 1.807) is 36.8 Å². The summed E-state index contributed by atoms with van der Waals surface area (Å²) >= 11 is 1.54. The van der Waals surface area contributed by atoms with Crippen LogP contribution < -0.4 is 9.46 Å². The van der Waals surface area contributed by atoms with Gasteiger partial charge in [-0.1, -0.05) is 12.1 Å². The highest BCUT2D eigenvalue weighted by molar-refractivity contribution is 7.92. The number of nitrogens with one attached hydrogen (secondary N) is 1. The second kappa shape index (κ2) is 7.67. The van der Waals surface area contributed by atoms with Crippen molar-refractivity contribution in [3.05, 3.63) is 65.7 Å².